The van der Waals surface area contributed by atoms with Gasteiger partial charge in [0.15, 0.2) is 5.11 Å². The van der Waals surface area contributed by atoms with Crippen molar-refractivity contribution in [1.29, 1.82) is 0 Å². The van der Waals surface area contributed by atoms with Crippen LogP contribution >= 0.6 is 35.4 Å². The maximum Gasteiger partial charge on any atom is 0.270 e. The van der Waals surface area contributed by atoms with E-state index in [1.165, 1.54) is 4.90 Å². The van der Waals surface area contributed by atoms with Crippen LogP contribution in [-0.2, 0) is 9.59 Å². The van der Waals surface area contributed by atoms with Gasteiger partial charge in [0.25, 0.3) is 11.8 Å². The molecule has 1 N–H and O–H groups in total. The van der Waals surface area contributed by atoms with Gasteiger partial charge in [-0.1, -0.05) is 35.3 Å². The van der Waals surface area contributed by atoms with Crippen molar-refractivity contribution in [2.75, 3.05) is 4.90 Å². The smallest absolute Gasteiger partial charge is 0.270 e. The third kappa shape index (κ3) is 4.01. The number of thiocarbonyl (C=S) groups is 1. The Morgan fingerprint density at radius 1 is 1.03 bits per heavy atom. The minimum Gasteiger partial charge on any atom is -0.318 e. The fourth-order valence-electron chi connectivity index (χ4n) is 4.23. The fourth-order valence-corrected chi connectivity index (χ4v) is 4.88. The number of carbonyl (C=O) groups is 2. The lowest BCUT2D eigenvalue weighted by Gasteiger charge is -2.29. The predicted molar refractivity (Wildman–Crippen MR) is 143 cm³/mol. The maximum absolute atomic E-state index is 13.4. The van der Waals surface area contributed by atoms with E-state index in [1.54, 1.807) is 30.5 Å². The summed E-state index contributed by atoms with van der Waals surface area (Å²) in [5, 5.41) is 3.98. The number of nitrogens with zero attached hydrogens (tertiary/aromatic N) is 3. The second-order valence-corrected chi connectivity index (χ2v) is 9.24. The van der Waals surface area contributed by atoms with Crippen molar-refractivity contribution in [3.63, 3.8) is 0 Å². The molecular formula is C26H18Cl2N4O2S. The second-order valence-electron chi connectivity index (χ2n) is 8.07. The number of rotatable bonds is 3. The van der Waals surface area contributed by atoms with Crippen molar-refractivity contribution in [2.24, 2.45) is 0 Å². The molecule has 0 unspecified atom stereocenters. The monoisotopic (exact) mass is 520 g/mol. The molecule has 1 fully saturated rings. The highest BCUT2D eigenvalue weighted by atomic mass is 35.5. The summed E-state index contributed by atoms with van der Waals surface area (Å²) >= 11 is 17.7. The highest BCUT2D eigenvalue weighted by molar-refractivity contribution is 7.80. The van der Waals surface area contributed by atoms with Crippen LogP contribution in [0.4, 0.5) is 5.69 Å². The number of benzene rings is 2. The van der Waals surface area contributed by atoms with E-state index in [-0.39, 0.29) is 20.7 Å². The van der Waals surface area contributed by atoms with Gasteiger partial charge in [0.2, 0.25) is 0 Å². The highest BCUT2D eigenvalue weighted by Crippen LogP contribution is 2.34. The van der Waals surface area contributed by atoms with E-state index >= 15 is 0 Å². The molecule has 5 rings (SSSR count). The molecule has 9 heteroatoms. The predicted octanol–water partition coefficient (Wildman–Crippen LogP) is 5.78. The van der Waals surface area contributed by atoms with E-state index in [0.29, 0.717) is 5.69 Å². The first-order valence-corrected chi connectivity index (χ1v) is 11.8. The number of pyridine rings is 1. The summed E-state index contributed by atoms with van der Waals surface area (Å²) in [5.41, 5.74) is 4.66. The molecule has 6 nitrogen and oxygen atoms in total. The van der Waals surface area contributed by atoms with Crippen LogP contribution in [0, 0.1) is 13.8 Å². The minimum atomic E-state index is -0.579. The van der Waals surface area contributed by atoms with Crippen LogP contribution in [0.2, 0.25) is 10.0 Å². The Kier molecular flexibility index (Phi) is 5.92. The standard InChI is InChI=1S/C26H18Cl2N4O2S/c1-14-11-17(15(2)31(14)18-8-9-21-16(12-18)5-4-10-29-21)13-19-24(33)30-26(35)32(25(19)34)22-7-3-6-20(27)23(22)28/h3-13H,1-2H3,(H,30,33,35). The molecule has 1 aliphatic heterocycles. The van der Waals surface area contributed by atoms with Crippen LogP contribution in [0.5, 0.6) is 0 Å². The lowest BCUT2D eigenvalue weighted by molar-refractivity contribution is -0.122. The van der Waals surface area contributed by atoms with Gasteiger partial charge in [0.1, 0.15) is 5.57 Å². The number of nitrogens with one attached hydrogen (secondary N) is 1. The average molecular weight is 521 g/mol. The van der Waals surface area contributed by atoms with Gasteiger partial charge in [0, 0.05) is 28.7 Å². The zero-order valence-electron chi connectivity index (χ0n) is 18.7. The van der Waals surface area contributed by atoms with Gasteiger partial charge in [-0.05, 0) is 80.2 Å². The molecule has 4 aromatic rings. The molecule has 0 saturated carbocycles. The van der Waals surface area contributed by atoms with Gasteiger partial charge < -0.3 is 4.57 Å². The molecule has 174 valence electrons. The molecule has 0 radical (unpaired) electrons. The van der Waals surface area contributed by atoms with Gasteiger partial charge in [-0.15, -0.1) is 0 Å². The molecule has 35 heavy (non-hydrogen) atoms. The Morgan fingerprint density at radius 3 is 2.63 bits per heavy atom. The van der Waals surface area contributed by atoms with Gasteiger partial charge in [-0.2, -0.15) is 0 Å². The number of hydrogen-bond acceptors (Lipinski definition) is 4. The molecule has 1 aliphatic rings. The van der Waals surface area contributed by atoms with Crippen molar-refractivity contribution < 1.29 is 9.59 Å². The third-order valence-electron chi connectivity index (χ3n) is 5.89. The Bertz CT molecular complexity index is 1590. The summed E-state index contributed by atoms with van der Waals surface area (Å²) < 4.78 is 2.07. The van der Waals surface area contributed by atoms with Crippen LogP contribution in [-0.4, -0.2) is 26.5 Å². The quantitative estimate of drug-likeness (QED) is 0.211. The molecule has 0 spiro atoms. The van der Waals surface area contributed by atoms with E-state index in [4.69, 9.17) is 35.4 Å². The number of halogens is 2. The topological polar surface area (TPSA) is 67.2 Å². The van der Waals surface area contributed by atoms with Gasteiger partial charge >= 0.3 is 0 Å². The van der Waals surface area contributed by atoms with Crippen molar-refractivity contribution in [3.8, 4) is 5.69 Å². The number of aromatic nitrogens is 2. The van der Waals surface area contributed by atoms with E-state index in [2.05, 4.69) is 20.9 Å². The van der Waals surface area contributed by atoms with Gasteiger partial charge in [-0.25, -0.2) is 0 Å². The third-order valence-corrected chi connectivity index (χ3v) is 6.98. The first kappa shape index (κ1) is 23.2. The van der Waals surface area contributed by atoms with Crippen LogP contribution in [0.25, 0.3) is 22.7 Å². The SMILES string of the molecule is Cc1cc(C=C2C(=O)NC(=S)N(c3cccc(Cl)c3Cl)C2=O)c(C)n1-c1ccc2ncccc2c1. The molecular weight excluding hydrogens is 503 g/mol. The van der Waals surface area contributed by atoms with Crippen molar-refractivity contribution in [3.05, 3.63) is 93.4 Å². The molecule has 0 aliphatic carbocycles. The number of aryl methyl sites for hydroxylation is 1. The summed E-state index contributed by atoms with van der Waals surface area (Å²) in [6.45, 7) is 3.91. The van der Waals surface area contributed by atoms with Crippen LogP contribution in [0.1, 0.15) is 17.0 Å². The van der Waals surface area contributed by atoms with Gasteiger partial charge in [-0.3, -0.25) is 24.8 Å². The zero-order chi connectivity index (χ0) is 24.9. The van der Waals surface area contributed by atoms with Crippen LogP contribution < -0.4 is 10.2 Å². The fraction of sp³-hybridized carbons (Fsp3) is 0.0769. The molecule has 0 bridgehead atoms. The summed E-state index contributed by atoms with van der Waals surface area (Å²) in [5.74, 6) is -1.15. The number of anilines is 1. The normalized spacial score (nSPS) is 15.3. The van der Waals surface area contributed by atoms with E-state index in [1.807, 2.05) is 44.2 Å². The number of amides is 2. The molecule has 2 amide bonds. The maximum atomic E-state index is 13.4. The Labute approximate surface area is 216 Å². The lowest BCUT2D eigenvalue weighted by atomic mass is 10.1. The van der Waals surface area contributed by atoms with E-state index in [9.17, 15) is 9.59 Å². The molecule has 0 atom stereocenters. The average Bonchev–Trinajstić information content (AvgIpc) is 3.11. The molecule has 3 heterocycles. The summed E-state index contributed by atoms with van der Waals surface area (Å²) in [6.07, 6.45) is 3.34. The van der Waals surface area contributed by atoms with Crippen molar-refractivity contribution >= 4 is 75.0 Å². The lowest BCUT2D eigenvalue weighted by Crippen LogP contribution is -2.54. The number of fused-ring (bicyclic) bond motifs is 1. The van der Waals surface area contributed by atoms with Crippen LogP contribution in [0.3, 0.4) is 0 Å². The summed E-state index contributed by atoms with van der Waals surface area (Å²) in [4.78, 5) is 31.8. The van der Waals surface area contributed by atoms with E-state index < -0.39 is 11.8 Å². The number of carbonyl (C=O) groups excluding carboxylic acids is 2. The summed E-state index contributed by atoms with van der Waals surface area (Å²) in [6, 6.07) is 16.7. The zero-order valence-corrected chi connectivity index (χ0v) is 21.0. The Hall–Kier alpha value is -3.52. The molecule has 1 saturated heterocycles. The molecule has 2 aromatic heterocycles. The number of hydrogen-bond donors (Lipinski definition) is 1. The summed E-state index contributed by atoms with van der Waals surface area (Å²) in [7, 11) is 0. The van der Waals surface area contributed by atoms with E-state index in [0.717, 1.165) is 33.5 Å². The largest absolute Gasteiger partial charge is 0.318 e. The van der Waals surface area contributed by atoms with Crippen molar-refractivity contribution in [2.45, 2.75) is 13.8 Å². The van der Waals surface area contributed by atoms with Gasteiger partial charge in [0.05, 0.1) is 21.2 Å². The highest BCUT2D eigenvalue weighted by Gasteiger charge is 2.36. The Morgan fingerprint density at radius 2 is 1.83 bits per heavy atom. The van der Waals surface area contributed by atoms with Crippen LogP contribution in [0.15, 0.2) is 66.4 Å². The van der Waals surface area contributed by atoms with Crippen molar-refractivity contribution in [1.82, 2.24) is 14.9 Å². The minimum absolute atomic E-state index is 0.0578. The first-order valence-electron chi connectivity index (χ1n) is 10.7. The Balaban J connectivity index is 1.58. The first-order chi connectivity index (χ1) is 16.8. The second kappa shape index (κ2) is 8.92. The molecule has 2 aromatic carbocycles.